The molecule has 1 saturated heterocycles. The Bertz CT molecular complexity index is 745. The fourth-order valence-electron chi connectivity index (χ4n) is 2.26. The van der Waals surface area contributed by atoms with Crippen molar-refractivity contribution in [1.29, 1.82) is 5.26 Å². The normalized spacial score (nSPS) is 21.0. The molecule has 1 fully saturated rings. The first-order valence-electron chi connectivity index (χ1n) is 6.12. The topological polar surface area (TPSA) is 85.9 Å². The van der Waals surface area contributed by atoms with Gasteiger partial charge in [0.25, 0.3) is 12.1 Å². The van der Waals surface area contributed by atoms with Crippen molar-refractivity contribution >= 4 is 10.0 Å². The van der Waals surface area contributed by atoms with Gasteiger partial charge in [-0.2, -0.15) is 19.8 Å². The van der Waals surface area contributed by atoms with E-state index in [0.717, 1.165) is 4.31 Å². The van der Waals surface area contributed by atoms with Crippen LogP contribution in [0.15, 0.2) is 39.4 Å². The maximum absolute atomic E-state index is 12.8. The molecule has 0 aliphatic carbocycles. The molecule has 0 unspecified atom stereocenters. The molecular weight excluding hydrogens is 302 g/mol. The maximum atomic E-state index is 12.8. The Balaban J connectivity index is 1.75. The van der Waals surface area contributed by atoms with Crippen LogP contribution in [0.5, 0.6) is 0 Å². The summed E-state index contributed by atoms with van der Waals surface area (Å²) in [5.74, 6) is -0.591. The maximum Gasteiger partial charge on any atom is 0.287 e. The number of hydrogen-bond donors (Lipinski definition) is 0. The summed E-state index contributed by atoms with van der Waals surface area (Å²) in [6.07, 6.45) is -2.71. The number of nitriles is 1. The molecule has 2 heterocycles. The van der Waals surface area contributed by atoms with Crippen LogP contribution in [0.2, 0.25) is 0 Å². The zero-order valence-corrected chi connectivity index (χ0v) is 11.5. The van der Waals surface area contributed by atoms with E-state index < -0.39 is 28.0 Å². The standard InChI is InChI=1S/C12H10F2N4O2S/c13-11(14)12(16-17-12)9-6-18(7-9)21(19,20)10-3-1-2-8(4-10)5-15/h1-4,9,11H,6-7H2. The number of hydrogen-bond acceptors (Lipinski definition) is 5. The van der Waals surface area contributed by atoms with E-state index in [9.17, 15) is 17.2 Å². The molecule has 21 heavy (non-hydrogen) atoms. The minimum Gasteiger partial charge on any atom is -0.207 e. The van der Waals surface area contributed by atoms with E-state index in [2.05, 4.69) is 10.2 Å². The number of benzene rings is 1. The lowest BCUT2D eigenvalue weighted by atomic mass is 9.91. The largest absolute Gasteiger partial charge is 0.287 e. The van der Waals surface area contributed by atoms with Crippen molar-refractivity contribution in [2.45, 2.75) is 17.0 Å². The first-order valence-corrected chi connectivity index (χ1v) is 7.57. The van der Waals surface area contributed by atoms with Crippen molar-refractivity contribution in [2.75, 3.05) is 13.1 Å². The summed E-state index contributed by atoms with van der Waals surface area (Å²) in [7, 11) is -3.77. The average Bonchev–Trinajstić information content (AvgIpc) is 3.18. The molecule has 2 aliphatic rings. The molecule has 0 amide bonds. The second-order valence-corrected chi connectivity index (χ2v) is 6.88. The Morgan fingerprint density at radius 1 is 1.38 bits per heavy atom. The lowest BCUT2D eigenvalue weighted by molar-refractivity contribution is 0.0221. The van der Waals surface area contributed by atoms with E-state index in [1.165, 1.54) is 24.3 Å². The molecule has 2 aliphatic heterocycles. The highest BCUT2D eigenvalue weighted by Gasteiger charge is 2.61. The summed E-state index contributed by atoms with van der Waals surface area (Å²) in [6.45, 7) is -0.0904. The van der Waals surface area contributed by atoms with Crippen LogP contribution in [0.4, 0.5) is 8.78 Å². The number of alkyl halides is 2. The van der Waals surface area contributed by atoms with Gasteiger partial charge in [0.05, 0.1) is 16.5 Å². The van der Waals surface area contributed by atoms with Gasteiger partial charge in [0.15, 0.2) is 0 Å². The van der Waals surface area contributed by atoms with Gasteiger partial charge in [-0.05, 0) is 18.2 Å². The zero-order valence-electron chi connectivity index (χ0n) is 10.6. The number of nitrogens with zero attached hydrogens (tertiary/aromatic N) is 4. The third kappa shape index (κ3) is 2.11. The fraction of sp³-hybridized carbons (Fsp3) is 0.417. The summed E-state index contributed by atoms with van der Waals surface area (Å²) in [6, 6.07) is 7.45. The van der Waals surface area contributed by atoms with E-state index >= 15 is 0 Å². The number of sulfonamides is 1. The summed E-state index contributed by atoms with van der Waals surface area (Å²) in [5, 5.41) is 15.6. The van der Waals surface area contributed by atoms with E-state index in [4.69, 9.17) is 5.26 Å². The Hall–Kier alpha value is -1.92. The van der Waals surface area contributed by atoms with Crippen LogP contribution >= 0.6 is 0 Å². The van der Waals surface area contributed by atoms with E-state index in [-0.39, 0.29) is 23.5 Å². The highest BCUT2D eigenvalue weighted by Crippen LogP contribution is 2.46. The molecule has 0 bridgehead atoms. The Morgan fingerprint density at radius 2 is 2.05 bits per heavy atom. The summed E-state index contributed by atoms with van der Waals surface area (Å²) >= 11 is 0. The van der Waals surface area contributed by atoms with Gasteiger partial charge in [0.1, 0.15) is 0 Å². The van der Waals surface area contributed by atoms with Crippen molar-refractivity contribution in [3.05, 3.63) is 29.8 Å². The quantitative estimate of drug-likeness (QED) is 0.846. The molecule has 0 saturated carbocycles. The van der Waals surface area contributed by atoms with Gasteiger partial charge in [-0.15, -0.1) is 0 Å². The van der Waals surface area contributed by atoms with Gasteiger partial charge in [0.2, 0.25) is 10.0 Å². The molecule has 0 radical (unpaired) electrons. The fourth-order valence-corrected chi connectivity index (χ4v) is 3.84. The molecule has 0 N–H and O–H groups in total. The van der Waals surface area contributed by atoms with Crippen LogP contribution in [0.3, 0.4) is 0 Å². The first-order chi connectivity index (χ1) is 9.90. The van der Waals surface area contributed by atoms with Gasteiger partial charge >= 0.3 is 0 Å². The smallest absolute Gasteiger partial charge is 0.207 e. The molecule has 1 aromatic rings. The second kappa shape index (κ2) is 4.54. The molecule has 1 aromatic carbocycles. The van der Waals surface area contributed by atoms with Gasteiger partial charge in [-0.3, -0.25) is 0 Å². The molecule has 0 aromatic heterocycles. The van der Waals surface area contributed by atoms with Gasteiger partial charge < -0.3 is 0 Å². The van der Waals surface area contributed by atoms with Crippen LogP contribution in [0.25, 0.3) is 0 Å². The SMILES string of the molecule is N#Cc1cccc(S(=O)(=O)N2CC(C3(C(F)F)N=N3)C2)c1. The highest BCUT2D eigenvalue weighted by molar-refractivity contribution is 7.89. The second-order valence-electron chi connectivity index (χ2n) is 4.94. The van der Waals surface area contributed by atoms with Crippen LogP contribution in [0, 0.1) is 17.2 Å². The van der Waals surface area contributed by atoms with Crippen LogP contribution in [-0.4, -0.2) is 37.9 Å². The van der Waals surface area contributed by atoms with E-state index in [0.29, 0.717) is 0 Å². The molecule has 0 atom stereocenters. The van der Waals surface area contributed by atoms with Crippen molar-refractivity contribution in [3.63, 3.8) is 0 Å². The zero-order chi connectivity index (χ0) is 15.3. The van der Waals surface area contributed by atoms with Crippen molar-refractivity contribution < 1.29 is 17.2 Å². The Kier molecular flexibility index (Phi) is 3.04. The van der Waals surface area contributed by atoms with Crippen molar-refractivity contribution in [2.24, 2.45) is 16.1 Å². The summed E-state index contributed by atoms with van der Waals surface area (Å²) < 4.78 is 51.3. The number of halogens is 2. The van der Waals surface area contributed by atoms with Gasteiger partial charge in [-0.25, -0.2) is 17.2 Å². The lowest BCUT2D eigenvalue weighted by Gasteiger charge is -2.40. The van der Waals surface area contributed by atoms with Crippen LogP contribution < -0.4 is 0 Å². The third-order valence-corrected chi connectivity index (χ3v) is 5.53. The average molecular weight is 312 g/mol. The first kappa shape index (κ1) is 14.0. The predicted octanol–water partition coefficient (Wildman–Crippen LogP) is 1.61. The molecule has 3 rings (SSSR count). The van der Waals surface area contributed by atoms with Crippen molar-refractivity contribution in [1.82, 2.24) is 4.31 Å². The van der Waals surface area contributed by atoms with Crippen molar-refractivity contribution in [3.8, 4) is 6.07 Å². The van der Waals surface area contributed by atoms with Gasteiger partial charge in [0, 0.05) is 19.0 Å². The Morgan fingerprint density at radius 3 is 2.57 bits per heavy atom. The molecular formula is C12H10F2N4O2S. The monoisotopic (exact) mass is 312 g/mol. The highest BCUT2D eigenvalue weighted by atomic mass is 32.2. The molecule has 110 valence electrons. The lowest BCUT2D eigenvalue weighted by Crippen LogP contribution is -2.57. The predicted molar refractivity (Wildman–Crippen MR) is 67.0 cm³/mol. The summed E-state index contributed by atoms with van der Waals surface area (Å²) in [5.41, 5.74) is -1.48. The minimum atomic E-state index is -3.77. The Labute approximate surface area is 119 Å². The molecule has 9 heteroatoms. The third-order valence-electron chi connectivity index (χ3n) is 3.70. The number of rotatable bonds is 4. The molecule has 0 spiro atoms. The molecule has 6 nitrogen and oxygen atoms in total. The van der Waals surface area contributed by atoms with Crippen LogP contribution in [0.1, 0.15) is 5.56 Å². The van der Waals surface area contributed by atoms with Gasteiger partial charge in [-0.1, -0.05) is 6.07 Å². The summed E-state index contributed by atoms with van der Waals surface area (Å²) in [4.78, 5) is -0.0178. The van der Waals surface area contributed by atoms with Crippen LogP contribution in [-0.2, 0) is 10.0 Å². The minimum absolute atomic E-state index is 0.0178. The van der Waals surface area contributed by atoms with E-state index in [1.807, 2.05) is 6.07 Å². The van der Waals surface area contributed by atoms with E-state index in [1.54, 1.807) is 0 Å².